The number of nitrogens with one attached hydrogen (secondary N) is 1. The summed E-state index contributed by atoms with van der Waals surface area (Å²) in [7, 11) is 0. The van der Waals surface area contributed by atoms with Crippen LogP contribution >= 0.6 is 22.7 Å². The Balaban J connectivity index is 1.79. The molecule has 4 nitrogen and oxygen atoms in total. The molecule has 1 amide bonds. The first-order valence-corrected chi connectivity index (χ1v) is 8.55. The monoisotopic (exact) mass is 337 g/mol. The minimum absolute atomic E-state index is 0.0241. The van der Waals surface area contributed by atoms with Crippen molar-refractivity contribution in [1.29, 1.82) is 5.26 Å². The molecule has 23 heavy (non-hydrogen) atoms. The van der Waals surface area contributed by atoms with E-state index in [-0.39, 0.29) is 5.57 Å². The average molecular weight is 337 g/mol. The van der Waals surface area contributed by atoms with Crippen LogP contribution in [0.3, 0.4) is 0 Å². The lowest BCUT2D eigenvalue weighted by molar-refractivity contribution is -0.112. The molecule has 0 spiro atoms. The van der Waals surface area contributed by atoms with Gasteiger partial charge in [-0.1, -0.05) is 18.2 Å². The van der Waals surface area contributed by atoms with Crippen LogP contribution in [0.25, 0.3) is 16.6 Å². The Morgan fingerprint density at radius 2 is 2.04 bits per heavy atom. The summed E-state index contributed by atoms with van der Waals surface area (Å²) in [4.78, 5) is 16.6. The minimum Gasteiger partial charge on any atom is -0.321 e. The fourth-order valence-corrected chi connectivity index (χ4v) is 3.38. The molecule has 2 aromatic heterocycles. The van der Waals surface area contributed by atoms with Gasteiger partial charge in [-0.15, -0.1) is 11.3 Å². The Labute approximate surface area is 141 Å². The highest BCUT2D eigenvalue weighted by molar-refractivity contribution is 7.14. The van der Waals surface area contributed by atoms with E-state index in [4.69, 9.17) is 0 Å². The number of carbonyl (C=O) groups is 1. The lowest BCUT2D eigenvalue weighted by Gasteiger charge is -2.02. The molecule has 3 aromatic rings. The van der Waals surface area contributed by atoms with Crippen molar-refractivity contribution in [2.75, 3.05) is 5.32 Å². The summed E-state index contributed by atoms with van der Waals surface area (Å²) in [6, 6.07) is 13.0. The van der Waals surface area contributed by atoms with E-state index in [1.165, 1.54) is 17.4 Å². The molecule has 0 atom stereocenters. The van der Waals surface area contributed by atoms with Gasteiger partial charge in [-0.2, -0.15) is 16.6 Å². The molecule has 6 heteroatoms. The minimum atomic E-state index is -0.441. The Morgan fingerprint density at radius 1 is 1.22 bits per heavy atom. The van der Waals surface area contributed by atoms with E-state index >= 15 is 0 Å². The molecule has 0 saturated heterocycles. The van der Waals surface area contributed by atoms with Crippen molar-refractivity contribution in [1.82, 2.24) is 4.98 Å². The van der Waals surface area contributed by atoms with Gasteiger partial charge in [-0.05, 0) is 29.7 Å². The number of aromatic nitrogens is 1. The van der Waals surface area contributed by atoms with Gasteiger partial charge in [0.2, 0.25) is 0 Å². The van der Waals surface area contributed by atoms with Crippen molar-refractivity contribution in [2.45, 2.75) is 0 Å². The summed E-state index contributed by atoms with van der Waals surface area (Å²) in [5, 5.41) is 18.6. The summed E-state index contributed by atoms with van der Waals surface area (Å²) < 4.78 is 0. The quantitative estimate of drug-likeness (QED) is 0.566. The molecule has 1 aromatic carbocycles. The number of nitriles is 1. The van der Waals surface area contributed by atoms with E-state index in [0.29, 0.717) is 11.4 Å². The van der Waals surface area contributed by atoms with E-state index < -0.39 is 5.91 Å². The number of anilines is 1. The van der Waals surface area contributed by atoms with Crippen LogP contribution in [0.1, 0.15) is 5.69 Å². The first-order chi connectivity index (χ1) is 11.3. The zero-order chi connectivity index (χ0) is 16.1. The van der Waals surface area contributed by atoms with Gasteiger partial charge in [0.1, 0.15) is 16.6 Å². The summed E-state index contributed by atoms with van der Waals surface area (Å²) in [6.45, 7) is 0. The van der Waals surface area contributed by atoms with Gasteiger partial charge in [-0.25, -0.2) is 4.98 Å². The zero-order valence-corrected chi connectivity index (χ0v) is 13.5. The van der Waals surface area contributed by atoms with Crippen molar-refractivity contribution < 1.29 is 4.79 Å². The molecule has 0 bridgehead atoms. The van der Waals surface area contributed by atoms with Gasteiger partial charge in [0.25, 0.3) is 5.91 Å². The number of hydrogen-bond acceptors (Lipinski definition) is 5. The second-order valence-electron chi connectivity index (χ2n) is 4.58. The SMILES string of the molecule is N#C/C(=C/c1csc(-c2ccsc2)n1)C(=O)Nc1ccccc1. The number of carbonyl (C=O) groups excluding carboxylic acids is 1. The normalized spacial score (nSPS) is 11.0. The molecular weight excluding hydrogens is 326 g/mol. The first kappa shape index (κ1) is 15.2. The van der Waals surface area contributed by atoms with Gasteiger partial charge in [-0.3, -0.25) is 4.79 Å². The van der Waals surface area contributed by atoms with Crippen molar-refractivity contribution in [3.05, 3.63) is 63.8 Å². The third-order valence-corrected chi connectivity index (χ3v) is 4.57. The van der Waals surface area contributed by atoms with Crippen molar-refractivity contribution >= 4 is 40.3 Å². The fourth-order valence-electron chi connectivity index (χ4n) is 1.89. The van der Waals surface area contributed by atoms with Crippen LogP contribution in [-0.4, -0.2) is 10.9 Å². The van der Waals surface area contributed by atoms with Crippen molar-refractivity contribution in [3.63, 3.8) is 0 Å². The molecule has 0 radical (unpaired) electrons. The van der Waals surface area contributed by atoms with Gasteiger partial charge in [0.15, 0.2) is 0 Å². The van der Waals surface area contributed by atoms with Gasteiger partial charge < -0.3 is 5.32 Å². The number of para-hydroxylation sites is 1. The van der Waals surface area contributed by atoms with Gasteiger partial charge in [0, 0.05) is 22.0 Å². The van der Waals surface area contributed by atoms with E-state index in [0.717, 1.165) is 10.6 Å². The molecule has 0 aliphatic carbocycles. The Kier molecular flexibility index (Phi) is 4.62. The van der Waals surface area contributed by atoms with E-state index in [2.05, 4.69) is 10.3 Å². The number of amides is 1. The van der Waals surface area contributed by atoms with Crippen LogP contribution in [0, 0.1) is 11.3 Å². The second-order valence-corrected chi connectivity index (χ2v) is 6.22. The standard InChI is InChI=1S/C17H11N3OS2/c18-9-13(16(21)19-14-4-2-1-3-5-14)8-15-11-23-17(20-15)12-6-7-22-10-12/h1-8,10-11H,(H,19,21)/b13-8-. The van der Waals surface area contributed by atoms with Crippen LogP contribution in [0.15, 0.2) is 58.1 Å². The van der Waals surface area contributed by atoms with Crippen LogP contribution in [0.2, 0.25) is 0 Å². The van der Waals surface area contributed by atoms with Gasteiger partial charge >= 0.3 is 0 Å². The maximum absolute atomic E-state index is 12.2. The molecule has 3 rings (SSSR count). The number of benzene rings is 1. The molecule has 0 aliphatic heterocycles. The highest BCUT2D eigenvalue weighted by Crippen LogP contribution is 2.26. The molecular formula is C17H11N3OS2. The number of thiophene rings is 1. The molecule has 0 unspecified atom stereocenters. The zero-order valence-electron chi connectivity index (χ0n) is 11.9. The Bertz CT molecular complexity index is 874. The molecule has 112 valence electrons. The molecule has 2 heterocycles. The van der Waals surface area contributed by atoms with E-state index in [1.807, 2.05) is 46.5 Å². The molecule has 1 N–H and O–H groups in total. The number of hydrogen-bond donors (Lipinski definition) is 1. The van der Waals surface area contributed by atoms with Crippen LogP contribution < -0.4 is 5.32 Å². The highest BCUT2D eigenvalue weighted by atomic mass is 32.1. The first-order valence-electron chi connectivity index (χ1n) is 6.72. The van der Waals surface area contributed by atoms with E-state index in [1.54, 1.807) is 23.5 Å². The number of nitrogens with zero attached hydrogens (tertiary/aromatic N) is 2. The molecule has 0 aliphatic rings. The van der Waals surface area contributed by atoms with Crippen molar-refractivity contribution in [3.8, 4) is 16.6 Å². The third kappa shape index (κ3) is 3.72. The maximum Gasteiger partial charge on any atom is 0.266 e. The van der Waals surface area contributed by atoms with Crippen LogP contribution in [0.5, 0.6) is 0 Å². The van der Waals surface area contributed by atoms with Crippen molar-refractivity contribution in [2.24, 2.45) is 0 Å². The molecule has 0 fully saturated rings. The van der Waals surface area contributed by atoms with Gasteiger partial charge in [0.05, 0.1) is 5.69 Å². The second kappa shape index (κ2) is 7.01. The lowest BCUT2D eigenvalue weighted by atomic mass is 10.2. The van der Waals surface area contributed by atoms with Crippen LogP contribution in [-0.2, 0) is 4.79 Å². The average Bonchev–Trinajstić information content (AvgIpc) is 3.24. The summed E-state index contributed by atoms with van der Waals surface area (Å²) in [6.07, 6.45) is 1.50. The summed E-state index contributed by atoms with van der Waals surface area (Å²) in [5.41, 5.74) is 2.33. The highest BCUT2D eigenvalue weighted by Gasteiger charge is 2.11. The maximum atomic E-state index is 12.2. The summed E-state index contributed by atoms with van der Waals surface area (Å²) in [5.74, 6) is -0.441. The fraction of sp³-hybridized carbons (Fsp3) is 0. The number of thiazole rings is 1. The number of rotatable bonds is 4. The Morgan fingerprint density at radius 3 is 2.74 bits per heavy atom. The smallest absolute Gasteiger partial charge is 0.266 e. The summed E-state index contributed by atoms with van der Waals surface area (Å²) >= 11 is 3.09. The van der Waals surface area contributed by atoms with E-state index in [9.17, 15) is 10.1 Å². The predicted molar refractivity (Wildman–Crippen MR) is 94.1 cm³/mol. The lowest BCUT2D eigenvalue weighted by Crippen LogP contribution is -2.13. The largest absolute Gasteiger partial charge is 0.321 e. The Hall–Kier alpha value is -2.75. The predicted octanol–water partition coefficient (Wildman–Crippen LogP) is 4.42. The van der Waals surface area contributed by atoms with Crippen LogP contribution in [0.4, 0.5) is 5.69 Å². The topological polar surface area (TPSA) is 65.8 Å². The molecule has 0 saturated carbocycles. The third-order valence-electron chi connectivity index (χ3n) is 2.98.